The van der Waals surface area contributed by atoms with E-state index in [0.717, 1.165) is 0 Å². The third-order valence-corrected chi connectivity index (χ3v) is 2.21. The van der Waals surface area contributed by atoms with Gasteiger partial charge in [0.05, 0.1) is 23.5 Å². The first-order valence-corrected chi connectivity index (χ1v) is 5.02. The first-order valence-electron chi connectivity index (χ1n) is 4.64. The second-order valence-corrected chi connectivity index (χ2v) is 3.69. The summed E-state index contributed by atoms with van der Waals surface area (Å²) < 4.78 is 1.63. The van der Waals surface area contributed by atoms with Crippen molar-refractivity contribution in [2.75, 3.05) is 11.1 Å². The number of nitrogens with zero attached hydrogens (tertiary/aromatic N) is 4. The van der Waals surface area contributed by atoms with Crippen molar-refractivity contribution in [2.45, 2.75) is 6.54 Å². The average Bonchev–Trinajstić information content (AvgIpc) is 2.63. The summed E-state index contributed by atoms with van der Waals surface area (Å²) in [6.07, 6.45) is 3.18. The summed E-state index contributed by atoms with van der Waals surface area (Å²) in [5.74, 6) is 1.25. The predicted molar refractivity (Wildman–Crippen MR) is 62.0 cm³/mol. The number of hydrogen-bond acceptors (Lipinski definition) is 5. The molecule has 6 nitrogen and oxygen atoms in total. The molecular formula is C9H11ClN6. The van der Waals surface area contributed by atoms with E-state index < -0.39 is 0 Å². The van der Waals surface area contributed by atoms with Gasteiger partial charge >= 0.3 is 0 Å². The lowest BCUT2D eigenvalue weighted by molar-refractivity contribution is 0.747. The van der Waals surface area contributed by atoms with E-state index in [9.17, 15) is 0 Å². The molecule has 16 heavy (non-hydrogen) atoms. The van der Waals surface area contributed by atoms with E-state index in [1.165, 1.54) is 0 Å². The van der Waals surface area contributed by atoms with Crippen LogP contribution in [0.5, 0.6) is 0 Å². The molecule has 2 heterocycles. The smallest absolute Gasteiger partial charge is 0.169 e. The van der Waals surface area contributed by atoms with Crippen LogP contribution in [0.15, 0.2) is 18.6 Å². The number of nitrogens with one attached hydrogen (secondary N) is 1. The number of hydrogen-bond donors (Lipinski definition) is 2. The van der Waals surface area contributed by atoms with Crippen molar-refractivity contribution in [1.82, 2.24) is 19.7 Å². The normalized spacial score (nSPS) is 10.4. The van der Waals surface area contributed by atoms with Gasteiger partial charge in [0.2, 0.25) is 0 Å². The zero-order chi connectivity index (χ0) is 11.5. The molecule has 0 aliphatic heterocycles. The van der Waals surface area contributed by atoms with Gasteiger partial charge in [0, 0.05) is 7.05 Å². The van der Waals surface area contributed by atoms with Gasteiger partial charge in [-0.25, -0.2) is 9.97 Å². The van der Waals surface area contributed by atoms with Crippen LogP contribution in [0.2, 0.25) is 5.02 Å². The summed E-state index contributed by atoms with van der Waals surface area (Å²) in [7, 11) is 1.81. The molecule has 2 rings (SSSR count). The summed E-state index contributed by atoms with van der Waals surface area (Å²) in [5.41, 5.74) is 6.07. The molecule has 0 atom stereocenters. The molecule has 0 bridgehead atoms. The van der Waals surface area contributed by atoms with Gasteiger partial charge in [0.1, 0.15) is 12.1 Å². The third kappa shape index (κ3) is 2.40. The van der Waals surface area contributed by atoms with Gasteiger partial charge in [0.15, 0.2) is 5.82 Å². The van der Waals surface area contributed by atoms with Crippen molar-refractivity contribution in [3.63, 3.8) is 0 Å². The molecule has 0 aromatic carbocycles. The Labute approximate surface area is 97.5 Å². The van der Waals surface area contributed by atoms with Gasteiger partial charge in [-0.2, -0.15) is 5.10 Å². The van der Waals surface area contributed by atoms with Gasteiger partial charge in [-0.05, 0) is 6.07 Å². The fourth-order valence-corrected chi connectivity index (χ4v) is 1.45. The fraction of sp³-hybridized carbons (Fsp3) is 0.222. The van der Waals surface area contributed by atoms with E-state index in [4.69, 9.17) is 17.3 Å². The lowest BCUT2D eigenvalue weighted by atomic mass is 10.4. The van der Waals surface area contributed by atoms with Crippen LogP contribution in [-0.2, 0) is 13.6 Å². The van der Waals surface area contributed by atoms with Crippen molar-refractivity contribution in [3.05, 3.63) is 29.4 Å². The van der Waals surface area contributed by atoms with E-state index in [0.29, 0.717) is 28.9 Å². The van der Waals surface area contributed by atoms with Crippen molar-refractivity contribution >= 4 is 23.1 Å². The van der Waals surface area contributed by atoms with Crippen LogP contribution in [0, 0.1) is 0 Å². The number of halogens is 1. The number of pyridine rings is 1. The van der Waals surface area contributed by atoms with Crippen molar-refractivity contribution in [3.8, 4) is 0 Å². The zero-order valence-corrected chi connectivity index (χ0v) is 9.44. The van der Waals surface area contributed by atoms with Gasteiger partial charge in [-0.3, -0.25) is 4.68 Å². The van der Waals surface area contributed by atoms with Crippen LogP contribution in [0.25, 0.3) is 0 Å². The first kappa shape index (κ1) is 10.7. The molecule has 7 heteroatoms. The zero-order valence-electron chi connectivity index (χ0n) is 8.68. The van der Waals surface area contributed by atoms with Crippen molar-refractivity contribution in [2.24, 2.45) is 7.05 Å². The Morgan fingerprint density at radius 1 is 1.50 bits per heavy atom. The van der Waals surface area contributed by atoms with Gasteiger partial charge in [0.25, 0.3) is 0 Å². The topological polar surface area (TPSA) is 81.7 Å². The molecule has 0 aliphatic rings. The SMILES string of the molecule is Cn1cnc(CNc2ncc(N)cc2Cl)n1. The Kier molecular flexibility index (Phi) is 2.91. The lowest BCUT2D eigenvalue weighted by Crippen LogP contribution is -2.04. The van der Waals surface area contributed by atoms with Crippen LogP contribution >= 0.6 is 11.6 Å². The minimum absolute atomic E-state index is 0.470. The average molecular weight is 239 g/mol. The highest BCUT2D eigenvalue weighted by Gasteiger charge is 2.03. The summed E-state index contributed by atoms with van der Waals surface area (Å²) in [5, 5.41) is 7.64. The molecule has 3 N–H and O–H groups in total. The molecule has 0 aliphatic carbocycles. The van der Waals surface area contributed by atoms with Crippen molar-refractivity contribution < 1.29 is 0 Å². The molecule has 84 valence electrons. The van der Waals surface area contributed by atoms with Gasteiger partial charge in [-0.1, -0.05) is 11.6 Å². The van der Waals surface area contributed by atoms with E-state index in [2.05, 4.69) is 20.4 Å². The monoisotopic (exact) mass is 238 g/mol. The number of anilines is 2. The summed E-state index contributed by atoms with van der Waals surface area (Å²) in [4.78, 5) is 8.14. The quantitative estimate of drug-likeness (QED) is 0.836. The molecule has 2 aromatic heterocycles. The maximum atomic E-state index is 5.95. The van der Waals surface area contributed by atoms with Crippen molar-refractivity contribution in [1.29, 1.82) is 0 Å². The minimum Gasteiger partial charge on any atom is -0.397 e. The molecular weight excluding hydrogens is 228 g/mol. The van der Waals surface area contributed by atoms with Crippen LogP contribution in [0.1, 0.15) is 5.82 Å². The Morgan fingerprint density at radius 2 is 2.31 bits per heavy atom. The Morgan fingerprint density at radius 3 is 2.94 bits per heavy atom. The summed E-state index contributed by atoms with van der Waals surface area (Å²) in [6, 6.07) is 1.64. The Bertz CT molecular complexity index is 494. The van der Waals surface area contributed by atoms with Gasteiger partial charge < -0.3 is 11.1 Å². The molecule has 0 radical (unpaired) electrons. The molecule has 0 unspecified atom stereocenters. The van der Waals surface area contributed by atoms with Crippen LogP contribution in [0.4, 0.5) is 11.5 Å². The Balaban J connectivity index is 2.04. The molecule has 0 saturated carbocycles. The minimum atomic E-state index is 0.470. The third-order valence-electron chi connectivity index (χ3n) is 1.92. The Hall–Kier alpha value is -1.82. The predicted octanol–water partition coefficient (Wildman–Crippen LogP) is 1.06. The van der Waals surface area contributed by atoms with Crippen LogP contribution < -0.4 is 11.1 Å². The second kappa shape index (κ2) is 4.36. The van der Waals surface area contributed by atoms with Crippen LogP contribution in [0.3, 0.4) is 0 Å². The molecule has 2 aromatic rings. The highest BCUT2D eigenvalue weighted by Crippen LogP contribution is 2.21. The van der Waals surface area contributed by atoms with E-state index in [-0.39, 0.29) is 0 Å². The molecule has 0 saturated heterocycles. The lowest BCUT2D eigenvalue weighted by Gasteiger charge is -2.05. The maximum Gasteiger partial charge on any atom is 0.169 e. The number of aromatic nitrogens is 4. The largest absolute Gasteiger partial charge is 0.397 e. The van der Waals surface area contributed by atoms with Gasteiger partial charge in [-0.15, -0.1) is 0 Å². The van der Waals surface area contributed by atoms with Crippen LogP contribution in [-0.4, -0.2) is 19.7 Å². The molecule has 0 spiro atoms. The summed E-state index contributed by atoms with van der Waals surface area (Å²) in [6.45, 7) is 0.470. The first-order chi connectivity index (χ1) is 7.65. The fourth-order valence-electron chi connectivity index (χ4n) is 1.21. The van der Waals surface area contributed by atoms with E-state index in [1.54, 1.807) is 23.3 Å². The molecule has 0 fully saturated rings. The highest BCUT2D eigenvalue weighted by atomic mass is 35.5. The second-order valence-electron chi connectivity index (χ2n) is 3.29. The number of aryl methyl sites for hydroxylation is 1. The number of rotatable bonds is 3. The maximum absolute atomic E-state index is 5.95. The number of nitrogen functional groups attached to an aromatic ring is 1. The molecule has 0 amide bonds. The van der Waals surface area contributed by atoms with E-state index in [1.807, 2.05) is 7.05 Å². The standard InChI is InChI=1S/C9H11ClN6/c1-16-5-14-8(15-16)4-13-9-7(10)2-6(11)3-12-9/h2-3,5H,4,11H2,1H3,(H,12,13). The van der Waals surface area contributed by atoms with E-state index >= 15 is 0 Å². The highest BCUT2D eigenvalue weighted by molar-refractivity contribution is 6.33. The summed E-state index contributed by atoms with van der Waals surface area (Å²) >= 11 is 5.95. The number of nitrogens with two attached hydrogens (primary N) is 1.